The first-order valence-corrected chi connectivity index (χ1v) is 9.19. The van der Waals surface area contributed by atoms with Crippen LogP contribution in [0.2, 0.25) is 0 Å². The summed E-state index contributed by atoms with van der Waals surface area (Å²) in [7, 11) is 0. The van der Waals surface area contributed by atoms with Gasteiger partial charge >= 0.3 is 5.97 Å². The molecule has 9 heteroatoms. The van der Waals surface area contributed by atoms with Gasteiger partial charge in [-0.3, -0.25) is 9.36 Å². The number of fused-ring (bicyclic) bond motifs is 1. The highest BCUT2D eigenvalue weighted by atomic mass is 32.2. The average molecular weight is 389 g/mol. The number of benzene rings is 1. The number of thioether (sulfide) groups is 1. The van der Waals surface area contributed by atoms with E-state index in [2.05, 4.69) is 4.98 Å². The molecule has 0 amide bonds. The number of anilines is 1. The molecule has 0 unspecified atom stereocenters. The van der Waals surface area contributed by atoms with E-state index in [0.717, 1.165) is 30.4 Å². The highest BCUT2D eigenvalue weighted by molar-refractivity contribution is 7.99. The number of rotatable bonds is 3. The van der Waals surface area contributed by atoms with Crippen LogP contribution >= 0.6 is 11.8 Å². The first-order valence-electron chi connectivity index (χ1n) is 8.03. The van der Waals surface area contributed by atoms with Gasteiger partial charge < -0.3 is 10.0 Å². The summed E-state index contributed by atoms with van der Waals surface area (Å²) in [6.45, 7) is 0.783. The molecule has 3 heterocycles. The summed E-state index contributed by atoms with van der Waals surface area (Å²) in [4.78, 5) is 30.5. The van der Waals surface area contributed by atoms with Gasteiger partial charge in [0, 0.05) is 24.6 Å². The van der Waals surface area contributed by atoms with Gasteiger partial charge in [0.2, 0.25) is 5.43 Å². The lowest BCUT2D eigenvalue weighted by molar-refractivity contribution is 0.0695. The second kappa shape index (κ2) is 6.66. The van der Waals surface area contributed by atoms with Crippen LogP contribution in [0, 0.1) is 11.6 Å². The van der Waals surface area contributed by atoms with Gasteiger partial charge in [0.1, 0.15) is 23.0 Å². The number of aromatic carboxylic acids is 1. The Hall–Kier alpha value is -2.94. The summed E-state index contributed by atoms with van der Waals surface area (Å²) in [5.41, 5.74) is -1.20. The predicted octanol–water partition coefficient (Wildman–Crippen LogP) is 2.87. The summed E-state index contributed by atoms with van der Waals surface area (Å²) < 4.78 is 28.9. The molecular weight excluding hydrogens is 376 g/mol. The number of hydrogen-bond acceptors (Lipinski definition) is 5. The van der Waals surface area contributed by atoms with Crippen molar-refractivity contribution in [2.45, 2.75) is 0 Å². The average Bonchev–Trinajstić information content (AvgIpc) is 3.17. The first-order chi connectivity index (χ1) is 13.0. The molecular formula is C18H13F2N3O3S. The van der Waals surface area contributed by atoms with Gasteiger partial charge in [-0.1, -0.05) is 0 Å². The highest BCUT2D eigenvalue weighted by Gasteiger charge is 2.20. The summed E-state index contributed by atoms with van der Waals surface area (Å²) in [6.07, 6.45) is 1.03. The molecule has 6 nitrogen and oxygen atoms in total. The van der Waals surface area contributed by atoms with Crippen molar-refractivity contribution in [3.8, 4) is 5.69 Å². The van der Waals surface area contributed by atoms with Crippen LogP contribution in [0.15, 0.2) is 41.3 Å². The van der Waals surface area contributed by atoms with Gasteiger partial charge in [0.15, 0.2) is 5.65 Å². The van der Waals surface area contributed by atoms with Gasteiger partial charge in [-0.05, 0) is 24.3 Å². The Morgan fingerprint density at radius 1 is 1.22 bits per heavy atom. The molecule has 138 valence electrons. The van der Waals surface area contributed by atoms with Crippen LogP contribution in [-0.2, 0) is 0 Å². The molecule has 1 N–H and O–H groups in total. The Morgan fingerprint density at radius 2 is 2.04 bits per heavy atom. The molecule has 0 spiro atoms. The second-order valence-electron chi connectivity index (χ2n) is 5.98. The van der Waals surface area contributed by atoms with Crippen LogP contribution < -0.4 is 10.3 Å². The molecule has 0 atom stereocenters. The number of carboxylic acids is 1. The molecule has 1 aliphatic heterocycles. The third-order valence-corrected chi connectivity index (χ3v) is 5.28. The zero-order valence-corrected chi connectivity index (χ0v) is 14.7. The van der Waals surface area contributed by atoms with E-state index in [1.54, 1.807) is 17.8 Å². The van der Waals surface area contributed by atoms with Crippen molar-refractivity contribution in [2.24, 2.45) is 0 Å². The van der Waals surface area contributed by atoms with E-state index >= 15 is 0 Å². The zero-order chi connectivity index (χ0) is 19.1. The SMILES string of the molecule is O=C(O)c1cn(-c2ccc(F)cc2F)c2nc(N3CCSC3)ccc2c1=O. The van der Waals surface area contributed by atoms with Crippen LogP contribution in [0.1, 0.15) is 10.4 Å². The van der Waals surface area contributed by atoms with Crippen molar-refractivity contribution in [1.82, 2.24) is 9.55 Å². The minimum Gasteiger partial charge on any atom is -0.477 e. The second-order valence-corrected chi connectivity index (χ2v) is 7.06. The van der Waals surface area contributed by atoms with Crippen molar-refractivity contribution >= 4 is 34.6 Å². The molecule has 3 aromatic rings. The fourth-order valence-electron chi connectivity index (χ4n) is 2.98. The molecule has 0 radical (unpaired) electrons. The van der Waals surface area contributed by atoms with Crippen molar-refractivity contribution < 1.29 is 18.7 Å². The molecule has 1 aliphatic rings. The van der Waals surface area contributed by atoms with Crippen molar-refractivity contribution in [2.75, 3.05) is 23.1 Å². The lowest BCUT2D eigenvalue weighted by atomic mass is 10.1. The highest BCUT2D eigenvalue weighted by Crippen LogP contribution is 2.25. The maximum absolute atomic E-state index is 14.4. The van der Waals surface area contributed by atoms with E-state index in [-0.39, 0.29) is 16.7 Å². The van der Waals surface area contributed by atoms with Crippen molar-refractivity contribution in [3.63, 3.8) is 0 Å². The van der Waals surface area contributed by atoms with Crippen molar-refractivity contribution in [1.29, 1.82) is 0 Å². The van der Waals surface area contributed by atoms with Crippen LogP contribution in [-0.4, -0.2) is 38.8 Å². The fraction of sp³-hybridized carbons (Fsp3) is 0.167. The molecule has 0 saturated carbocycles. The topological polar surface area (TPSA) is 75.4 Å². The number of hydrogen-bond donors (Lipinski definition) is 1. The van der Waals surface area contributed by atoms with Crippen LogP contribution in [0.4, 0.5) is 14.6 Å². The fourth-order valence-corrected chi connectivity index (χ4v) is 3.94. The largest absolute Gasteiger partial charge is 0.477 e. The van der Waals surface area contributed by atoms with E-state index < -0.39 is 28.6 Å². The maximum Gasteiger partial charge on any atom is 0.341 e. The monoisotopic (exact) mass is 389 g/mol. The number of nitrogens with zero attached hydrogens (tertiary/aromatic N) is 3. The minimum absolute atomic E-state index is 0.0502. The molecule has 0 aliphatic carbocycles. The van der Waals surface area contributed by atoms with Crippen LogP contribution in [0.5, 0.6) is 0 Å². The third-order valence-electron chi connectivity index (χ3n) is 4.31. The Morgan fingerprint density at radius 3 is 2.70 bits per heavy atom. The summed E-state index contributed by atoms with van der Waals surface area (Å²) in [5.74, 6) is -0.801. The molecule has 1 aromatic carbocycles. The smallest absolute Gasteiger partial charge is 0.341 e. The van der Waals surface area contributed by atoms with Crippen molar-refractivity contribution in [3.05, 3.63) is 63.9 Å². The number of aromatic nitrogens is 2. The van der Waals surface area contributed by atoms with E-state index in [0.29, 0.717) is 11.9 Å². The summed E-state index contributed by atoms with van der Waals surface area (Å²) in [5, 5.41) is 9.39. The number of pyridine rings is 2. The lowest BCUT2D eigenvalue weighted by Gasteiger charge is -2.18. The van der Waals surface area contributed by atoms with E-state index in [4.69, 9.17) is 0 Å². The third kappa shape index (κ3) is 3.03. The zero-order valence-electron chi connectivity index (χ0n) is 13.9. The maximum atomic E-state index is 14.4. The Balaban J connectivity index is 2.04. The van der Waals surface area contributed by atoms with Gasteiger partial charge in [0.05, 0.1) is 17.0 Å². The summed E-state index contributed by atoms with van der Waals surface area (Å²) in [6, 6.07) is 6.07. The van der Waals surface area contributed by atoms with Crippen LogP contribution in [0.3, 0.4) is 0 Å². The molecule has 4 rings (SSSR count). The quantitative estimate of drug-likeness (QED) is 0.743. The van der Waals surface area contributed by atoms with Crippen LogP contribution in [0.25, 0.3) is 16.7 Å². The molecule has 2 aromatic heterocycles. The normalized spacial score (nSPS) is 14.1. The predicted molar refractivity (Wildman–Crippen MR) is 98.9 cm³/mol. The molecule has 27 heavy (non-hydrogen) atoms. The number of carbonyl (C=O) groups is 1. The Bertz CT molecular complexity index is 1130. The van der Waals surface area contributed by atoms with Gasteiger partial charge in [-0.25, -0.2) is 18.6 Å². The first kappa shape index (κ1) is 17.5. The molecule has 1 fully saturated rings. The van der Waals surface area contributed by atoms with E-state index in [1.807, 2.05) is 4.90 Å². The lowest BCUT2D eigenvalue weighted by Crippen LogP contribution is -2.22. The Kier molecular flexibility index (Phi) is 4.31. The van der Waals surface area contributed by atoms with Gasteiger partial charge in [-0.15, -0.1) is 11.8 Å². The minimum atomic E-state index is -1.43. The Labute approximate surface area is 156 Å². The molecule has 0 bridgehead atoms. The van der Waals surface area contributed by atoms with Gasteiger partial charge in [0.25, 0.3) is 0 Å². The van der Waals surface area contributed by atoms with Gasteiger partial charge in [-0.2, -0.15) is 0 Å². The van der Waals surface area contributed by atoms with E-state index in [9.17, 15) is 23.5 Å². The van der Waals surface area contributed by atoms with E-state index in [1.165, 1.54) is 16.7 Å². The standard InChI is InChI=1S/C18H13F2N3O3S/c19-10-1-3-14(13(20)7-10)23-8-12(18(25)26)16(24)11-2-4-15(21-17(11)23)22-5-6-27-9-22/h1-4,7-8H,5-6,9H2,(H,25,26). The number of halogens is 2. The number of carboxylic acid groups (broad SMARTS) is 1. The summed E-state index contributed by atoms with van der Waals surface area (Å²) >= 11 is 1.73. The molecule has 1 saturated heterocycles.